The van der Waals surface area contributed by atoms with Crippen molar-refractivity contribution in [1.82, 2.24) is 0 Å². The number of nitrogens with one attached hydrogen (secondary N) is 1. The Morgan fingerprint density at radius 1 is 1.44 bits per heavy atom. The van der Waals surface area contributed by atoms with E-state index in [2.05, 4.69) is 5.32 Å². The van der Waals surface area contributed by atoms with Crippen LogP contribution in [-0.4, -0.2) is 24.2 Å². The molecule has 98 valence electrons. The van der Waals surface area contributed by atoms with Gasteiger partial charge in [-0.2, -0.15) is 0 Å². The van der Waals surface area contributed by atoms with Crippen molar-refractivity contribution >= 4 is 11.4 Å². The van der Waals surface area contributed by atoms with E-state index in [1.54, 1.807) is 0 Å². The van der Waals surface area contributed by atoms with E-state index in [1.165, 1.54) is 0 Å². The van der Waals surface area contributed by atoms with Crippen LogP contribution in [0.1, 0.15) is 12.8 Å². The molecular weight excluding hydrogens is 246 g/mol. The van der Waals surface area contributed by atoms with Crippen LogP contribution in [0.2, 0.25) is 0 Å². The second-order valence-corrected chi connectivity index (χ2v) is 4.06. The number of non-ortho nitro benzene ring substituents is 1. The van der Waals surface area contributed by atoms with Crippen molar-refractivity contribution in [1.29, 1.82) is 0 Å². The molecule has 0 spiro atoms. The third-order valence-corrected chi connectivity index (χ3v) is 2.77. The fourth-order valence-corrected chi connectivity index (χ4v) is 1.86. The summed E-state index contributed by atoms with van der Waals surface area (Å²) in [6, 6.07) is 1.39. The largest absolute Gasteiger partial charge is 0.378 e. The number of nitrogens with zero attached hydrogens (tertiary/aromatic N) is 1. The number of rotatable bonds is 4. The topological polar surface area (TPSA) is 64.4 Å². The van der Waals surface area contributed by atoms with Crippen LogP contribution in [0, 0.1) is 21.7 Å². The van der Waals surface area contributed by atoms with Gasteiger partial charge < -0.3 is 10.1 Å². The van der Waals surface area contributed by atoms with Crippen LogP contribution in [0.15, 0.2) is 12.1 Å². The Balaban J connectivity index is 2.10. The second kappa shape index (κ2) is 5.26. The molecule has 7 heteroatoms. The molecule has 1 unspecified atom stereocenters. The SMILES string of the molecule is O=[N+]([O-])c1cc(F)c(NCC2CCCO2)c(F)c1. The molecule has 5 nitrogen and oxygen atoms in total. The van der Waals surface area contributed by atoms with Crippen LogP contribution in [-0.2, 0) is 4.74 Å². The first-order chi connectivity index (χ1) is 8.58. The monoisotopic (exact) mass is 258 g/mol. The number of halogens is 2. The van der Waals surface area contributed by atoms with Crippen LogP contribution in [0.4, 0.5) is 20.2 Å². The van der Waals surface area contributed by atoms with E-state index < -0.39 is 22.2 Å². The predicted molar refractivity (Wildman–Crippen MR) is 60.5 cm³/mol. The molecule has 0 radical (unpaired) electrons. The molecule has 1 aliphatic rings. The molecule has 1 aromatic carbocycles. The molecule has 0 aliphatic carbocycles. The Labute approximate surface area is 102 Å². The smallest absolute Gasteiger partial charge is 0.275 e. The van der Waals surface area contributed by atoms with Gasteiger partial charge in [0.05, 0.1) is 23.2 Å². The van der Waals surface area contributed by atoms with Gasteiger partial charge in [0.25, 0.3) is 5.69 Å². The number of nitro groups is 1. The van der Waals surface area contributed by atoms with Crippen molar-refractivity contribution in [3.8, 4) is 0 Å². The summed E-state index contributed by atoms with van der Waals surface area (Å²) in [6.07, 6.45) is 1.69. The Bertz CT molecular complexity index is 439. The highest BCUT2D eigenvalue weighted by atomic mass is 19.1. The Kier molecular flexibility index (Phi) is 3.71. The van der Waals surface area contributed by atoms with Crippen molar-refractivity contribution in [2.45, 2.75) is 18.9 Å². The lowest BCUT2D eigenvalue weighted by Gasteiger charge is -2.12. The highest BCUT2D eigenvalue weighted by Crippen LogP contribution is 2.25. The minimum Gasteiger partial charge on any atom is -0.378 e. The molecular formula is C11H12F2N2O3. The van der Waals surface area contributed by atoms with Crippen molar-refractivity contribution in [2.75, 3.05) is 18.5 Å². The van der Waals surface area contributed by atoms with E-state index >= 15 is 0 Å². The van der Waals surface area contributed by atoms with Gasteiger partial charge in [-0.3, -0.25) is 10.1 Å². The van der Waals surface area contributed by atoms with Gasteiger partial charge in [0.15, 0.2) is 11.6 Å². The third-order valence-electron chi connectivity index (χ3n) is 2.77. The maximum Gasteiger partial charge on any atom is 0.275 e. The second-order valence-electron chi connectivity index (χ2n) is 4.06. The zero-order valence-electron chi connectivity index (χ0n) is 9.49. The molecule has 1 fully saturated rings. The molecule has 0 aromatic heterocycles. The van der Waals surface area contributed by atoms with E-state index in [9.17, 15) is 18.9 Å². The van der Waals surface area contributed by atoms with Crippen molar-refractivity contribution < 1.29 is 18.4 Å². The lowest BCUT2D eigenvalue weighted by molar-refractivity contribution is -0.385. The van der Waals surface area contributed by atoms with Crippen molar-refractivity contribution in [3.05, 3.63) is 33.9 Å². The van der Waals surface area contributed by atoms with E-state index in [4.69, 9.17) is 4.74 Å². The number of nitro benzene ring substituents is 1. The predicted octanol–water partition coefficient (Wildman–Crippen LogP) is 2.46. The van der Waals surface area contributed by atoms with Gasteiger partial charge in [0, 0.05) is 13.2 Å². The molecule has 2 rings (SSSR count). The van der Waals surface area contributed by atoms with Crippen LogP contribution < -0.4 is 5.32 Å². The van der Waals surface area contributed by atoms with E-state index in [0.717, 1.165) is 12.8 Å². The molecule has 1 atom stereocenters. The highest BCUT2D eigenvalue weighted by molar-refractivity contribution is 5.51. The highest BCUT2D eigenvalue weighted by Gasteiger charge is 2.19. The number of anilines is 1. The Morgan fingerprint density at radius 3 is 2.61 bits per heavy atom. The molecule has 0 bridgehead atoms. The summed E-state index contributed by atoms with van der Waals surface area (Å²) >= 11 is 0. The summed E-state index contributed by atoms with van der Waals surface area (Å²) in [4.78, 5) is 9.58. The summed E-state index contributed by atoms with van der Waals surface area (Å²) < 4.78 is 32.3. The normalized spacial score (nSPS) is 18.9. The maximum atomic E-state index is 13.5. The van der Waals surface area contributed by atoms with Gasteiger partial charge in [-0.1, -0.05) is 0 Å². The van der Waals surface area contributed by atoms with Crippen molar-refractivity contribution in [3.63, 3.8) is 0 Å². The number of hydrogen-bond donors (Lipinski definition) is 1. The molecule has 1 heterocycles. The third kappa shape index (κ3) is 2.73. The molecule has 1 saturated heterocycles. The summed E-state index contributed by atoms with van der Waals surface area (Å²) in [5.41, 5.74) is -0.955. The van der Waals surface area contributed by atoms with E-state index in [1.807, 2.05) is 0 Å². The molecule has 0 saturated carbocycles. The fraction of sp³-hybridized carbons (Fsp3) is 0.455. The quantitative estimate of drug-likeness (QED) is 0.665. The zero-order valence-corrected chi connectivity index (χ0v) is 9.49. The number of ether oxygens (including phenoxy) is 1. The summed E-state index contributed by atoms with van der Waals surface area (Å²) in [5.74, 6) is -1.95. The minimum absolute atomic E-state index is 0.0704. The van der Waals surface area contributed by atoms with Gasteiger partial charge in [-0.15, -0.1) is 0 Å². The average molecular weight is 258 g/mol. The lowest BCUT2D eigenvalue weighted by atomic mass is 10.2. The molecule has 1 N–H and O–H groups in total. The van der Waals surface area contributed by atoms with Crippen LogP contribution in [0.25, 0.3) is 0 Å². The standard InChI is InChI=1S/C11H12F2N2O3/c12-9-4-7(15(16)17)5-10(13)11(9)14-6-8-2-1-3-18-8/h4-5,8,14H,1-3,6H2. The first kappa shape index (κ1) is 12.7. The van der Waals surface area contributed by atoms with Gasteiger partial charge in [-0.05, 0) is 12.8 Å². The van der Waals surface area contributed by atoms with Gasteiger partial charge in [0.2, 0.25) is 0 Å². The molecule has 18 heavy (non-hydrogen) atoms. The first-order valence-electron chi connectivity index (χ1n) is 5.57. The summed E-state index contributed by atoms with van der Waals surface area (Å²) in [6.45, 7) is 0.934. The van der Waals surface area contributed by atoms with Gasteiger partial charge in [0.1, 0.15) is 5.69 Å². The van der Waals surface area contributed by atoms with E-state index in [-0.39, 0.29) is 18.3 Å². The summed E-state index contributed by atoms with van der Waals surface area (Å²) in [7, 11) is 0. The van der Waals surface area contributed by atoms with E-state index in [0.29, 0.717) is 18.7 Å². The molecule has 0 amide bonds. The minimum atomic E-state index is -0.973. The number of benzene rings is 1. The van der Waals surface area contributed by atoms with Gasteiger partial charge >= 0.3 is 0 Å². The van der Waals surface area contributed by atoms with Crippen LogP contribution in [0.3, 0.4) is 0 Å². The first-order valence-corrected chi connectivity index (χ1v) is 5.57. The Hall–Kier alpha value is -1.76. The maximum absolute atomic E-state index is 13.5. The van der Waals surface area contributed by atoms with Crippen molar-refractivity contribution in [2.24, 2.45) is 0 Å². The summed E-state index contributed by atoms with van der Waals surface area (Å²) in [5, 5.41) is 13.0. The fourth-order valence-electron chi connectivity index (χ4n) is 1.86. The lowest BCUT2D eigenvalue weighted by Crippen LogP contribution is -2.19. The molecule has 1 aliphatic heterocycles. The average Bonchev–Trinajstić information content (AvgIpc) is 2.80. The molecule has 1 aromatic rings. The Morgan fingerprint density at radius 2 is 2.11 bits per heavy atom. The van der Waals surface area contributed by atoms with Crippen LogP contribution in [0.5, 0.6) is 0 Å². The number of hydrogen-bond acceptors (Lipinski definition) is 4. The zero-order chi connectivity index (χ0) is 13.1. The van der Waals surface area contributed by atoms with Crippen LogP contribution >= 0.6 is 0 Å². The van der Waals surface area contributed by atoms with Gasteiger partial charge in [-0.25, -0.2) is 8.78 Å².